The van der Waals surface area contributed by atoms with Gasteiger partial charge >= 0.3 is 5.97 Å². The lowest BCUT2D eigenvalue weighted by Gasteiger charge is -2.26. The Morgan fingerprint density at radius 2 is 1.71 bits per heavy atom. The van der Waals surface area contributed by atoms with E-state index in [-0.39, 0.29) is 17.8 Å². The van der Waals surface area contributed by atoms with Crippen LogP contribution >= 0.6 is 0 Å². The van der Waals surface area contributed by atoms with Crippen LogP contribution in [0.25, 0.3) is 0 Å². The van der Waals surface area contributed by atoms with Crippen molar-refractivity contribution in [2.45, 2.75) is 65.7 Å². The number of amides is 1. The molecule has 0 saturated carbocycles. The van der Waals surface area contributed by atoms with Gasteiger partial charge in [0, 0.05) is 19.0 Å². The van der Waals surface area contributed by atoms with Crippen molar-refractivity contribution in [2.24, 2.45) is 5.92 Å². The third kappa shape index (κ3) is 7.65. The summed E-state index contributed by atoms with van der Waals surface area (Å²) in [5.41, 5.74) is 0. The second-order valence-corrected chi connectivity index (χ2v) is 6.65. The summed E-state index contributed by atoms with van der Waals surface area (Å²) in [6, 6.07) is 0. The third-order valence-corrected chi connectivity index (χ3v) is 4.89. The van der Waals surface area contributed by atoms with Crippen molar-refractivity contribution in [1.29, 1.82) is 0 Å². The van der Waals surface area contributed by atoms with E-state index >= 15 is 0 Å². The lowest BCUT2D eigenvalue weighted by Crippen LogP contribution is -2.38. The topological polar surface area (TPSA) is 49.9 Å². The van der Waals surface area contributed by atoms with Gasteiger partial charge in [0.25, 0.3) is 0 Å². The van der Waals surface area contributed by atoms with E-state index in [9.17, 15) is 9.59 Å². The molecule has 1 aliphatic heterocycles. The van der Waals surface area contributed by atoms with E-state index in [4.69, 9.17) is 4.74 Å². The van der Waals surface area contributed by atoms with Gasteiger partial charge in [-0.05, 0) is 65.1 Å². The van der Waals surface area contributed by atoms with Crippen LogP contribution in [0, 0.1) is 5.92 Å². The highest BCUT2D eigenvalue weighted by Crippen LogP contribution is 2.14. The summed E-state index contributed by atoms with van der Waals surface area (Å²) < 4.78 is 4.99. The average Bonchev–Trinajstić information content (AvgIpc) is 3.08. The zero-order valence-electron chi connectivity index (χ0n) is 15.9. The van der Waals surface area contributed by atoms with E-state index in [1.807, 2.05) is 11.8 Å². The van der Waals surface area contributed by atoms with Gasteiger partial charge in [-0.1, -0.05) is 13.8 Å². The molecule has 5 nitrogen and oxygen atoms in total. The Kier molecular flexibility index (Phi) is 10.7. The van der Waals surface area contributed by atoms with Crippen molar-refractivity contribution in [2.75, 3.05) is 39.3 Å². The Bertz CT molecular complexity index is 364. The number of likely N-dealkylation sites (tertiary alicyclic amines) is 1. The summed E-state index contributed by atoms with van der Waals surface area (Å²) >= 11 is 0. The second kappa shape index (κ2) is 12.3. The molecule has 0 bridgehead atoms. The first-order valence-electron chi connectivity index (χ1n) is 9.79. The molecule has 0 spiro atoms. The number of hydrogen-bond acceptors (Lipinski definition) is 4. The smallest absolute Gasteiger partial charge is 0.307 e. The highest BCUT2D eigenvalue weighted by Gasteiger charge is 2.22. The van der Waals surface area contributed by atoms with Gasteiger partial charge in [-0.25, -0.2) is 0 Å². The molecule has 1 fully saturated rings. The lowest BCUT2D eigenvalue weighted by atomic mass is 10.0. The molecule has 1 saturated heterocycles. The molecule has 1 amide bonds. The summed E-state index contributed by atoms with van der Waals surface area (Å²) in [5, 5.41) is 0. The minimum Gasteiger partial charge on any atom is -0.466 e. The molecule has 0 atom stereocenters. The molecule has 0 aromatic rings. The molecule has 0 aliphatic carbocycles. The first-order valence-corrected chi connectivity index (χ1v) is 9.79. The van der Waals surface area contributed by atoms with E-state index in [0.717, 1.165) is 38.8 Å². The van der Waals surface area contributed by atoms with Crippen LogP contribution in [-0.4, -0.2) is 61.0 Å². The monoisotopic (exact) mass is 340 g/mol. The molecular weight excluding hydrogens is 304 g/mol. The van der Waals surface area contributed by atoms with Crippen LogP contribution in [0.2, 0.25) is 0 Å². The number of ether oxygens (including phenoxy) is 1. The standard InChI is InChI=1S/C19H36N2O3/c1-4-17(5-2)19(23)21(16-11-18(22)24-6-3)15-10-9-14-20-12-7-8-13-20/h17H,4-16H2,1-3H3. The number of rotatable bonds is 12. The fourth-order valence-electron chi connectivity index (χ4n) is 3.33. The molecular formula is C19H36N2O3. The molecule has 0 aromatic heterocycles. The van der Waals surface area contributed by atoms with E-state index in [1.165, 1.54) is 25.9 Å². The van der Waals surface area contributed by atoms with Gasteiger partial charge < -0.3 is 14.5 Å². The maximum absolute atomic E-state index is 12.7. The van der Waals surface area contributed by atoms with Gasteiger partial charge in [0.05, 0.1) is 13.0 Å². The summed E-state index contributed by atoms with van der Waals surface area (Å²) in [4.78, 5) is 28.7. The number of nitrogens with zero attached hydrogens (tertiary/aromatic N) is 2. The quantitative estimate of drug-likeness (QED) is 0.405. The zero-order valence-corrected chi connectivity index (χ0v) is 15.9. The highest BCUT2D eigenvalue weighted by atomic mass is 16.5. The Morgan fingerprint density at radius 3 is 2.29 bits per heavy atom. The molecule has 140 valence electrons. The fraction of sp³-hybridized carbons (Fsp3) is 0.895. The van der Waals surface area contributed by atoms with Crippen LogP contribution in [0.1, 0.15) is 65.7 Å². The molecule has 0 N–H and O–H groups in total. The molecule has 1 aliphatic rings. The number of hydrogen-bond donors (Lipinski definition) is 0. The maximum Gasteiger partial charge on any atom is 0.307 e. The van der Waals surface area contributed by atoms with Crippen molar-refractivity contribution in [3.8, 4) is 0 Å². The fourth-order valence-corrected chi connectivity index (χ4v) is 3.33. The Labute approximate surface area is 147 Å². The summed E-state index contributed by atoms with van der Waals surface area (Å²) in [6.45, 7) is 11.1. The number of unbranched alkanes of at least 4 members (excludes halogenated alkanes) is 1. The van der Waals surface area contributed by atoms with E-state index < -0.39 is 0 Å². The van der Waals surface area contributed by atoms with Crippen molar-refractivity contribution in [3.05, 3.63) is 0 Å². The summed E-state index contributed by atoms with van der Waals surface area (Å²) in [5.74, 6) is 0.0631. The van der Waals surface area contributed by atoms with E-state index in [1.54, 1.807) is 0 Å². The number of carbonyl (C=O) groups excluding carboxylic acids is 2. The first-order chi connectivity index (χ1) is 11.6. The zero-order chi connectivity index (χ0) is 17.8. The average molecular weight is 341 g/mol. The normalized spacial score (nSPS) is 15.0. The molecule has 1 heterocycles. The predicted molar refractivity (Wildman–Crippen MR) is 96.8 cm³/mol. The van der Waals surface area contributed by atoms with Crippen LogP contribution in [0.4, 0.5) is 0 Å². The van der Waals surface area contributed by atoms with Crippen LogP contribution in [0.3, 0.4) is 0 Å². The molecule has 24 heavy (non-hydrogen) atoms. The highest BCUT2D eigenvalue weighted by molar-refractivity contribution is 5.79. The molecule has 0 radical (unpaired) electrons. The van der Waals surface area contributed by atoms with Crippen molar-refractivity contribution >= 4 is 11.9 Å². The van der Waals surface area contributed by atoms with Crippen molar-refractivity contribution in [3.63, 3.8) is 0 Å². The third-order valence-electron chi connectivity index (χ3n) is 4.89. The largest absolute Gasteiger partial charge is 0.466 e. The van der Waals surface area contributed by atoms with Crippen molar-refractivity contribution < 1.29 is 14.3 Å². The predicted octanol–water partition coefficient (Wildman–Crippen LogP) is 3.08. The van der Waals surface area contributed by atoms with Crippen LogP contribution in [-0.2, 0) is 14.3 Å². The van der Waals surface area contributed by atoms with Gasteiger partial charge in [-0.15, -0.1) is 0 Å². The van der Waals surface area contributed by atoms with Crippen LogP contribution in [0.5, 0.6) is 0 Å². The van der Waals surface area contributed by atoms with Gasteiger partial charge in [0.1, 0.15) is 0 Å². The first kappa shape index (κ1) is 20.9. The number of esters is 1. The molecule has 0 unspecified atom stereocenters. The van der Waals surface area contributed by atoms with Crippen LogP contribution in [0.15, 0.2) is 0 Å². The van der Waals surface area contributed by atoms with Gasteiger partial charge in [0.2, 0.25) is 5.91 Å². The molecule has 5 heteroatoms. The van der Waals surface area contributed by atoms with E-state index in [2.05, 4.69) is 18.7 Å². The van der Waals surface area contributed by atoms with Gasteiger partial charge in [-0.3, -0.25) is 9.59 Å². The Balaban J connectivity index is 2.42. The molecule has 1 rings (SSSR count). The van der Waals surface area contributed by atoms with E-state index in [0.29, 0.717) is 19.6 Å². The summed E-state index contributed by atoms with van der Waals surface area (Å²) in [7, 11) is 0. The van der Waals surface area contributed by atoms with Crippen molar-refractivity contribution in [1.82, 2.24) is 9.80 Å². The lowest BCUT2D eigenvalue weighted by molar-refractivity contribution is -0.144. The van der Waals surface area contributed by atoms with Gasteiger partial charge in [0.15, 0.2) is 0 Å². The Morgan fingerprint density at radius 1 is 1.04 bits per heavy atom. The maximum atomic E-state index is 12.7. The Hall–Kier alpha value is -1.10. The second-order valence-electron chi connectivity index (χ2n) is 6.65. The SMILES string of the molecule is CCOC(=O)CCN(CCCCN1CCCC1)C(=O)C(CC)CC. The number of carbonyl (C=O) groups is 2. The minimum atomic E-state index is -0.211. The molecule has 0 aromatic carbocycles. The summed E-state index contributed by atoms with van der Waals surface area (Å²) in [6.07, 6.45) is 6.78. The van der Waals surface area contributed by atoms with Crippen LogP contribution < -0.4 is 0 Å². The van der Waals surface area contributed by atoms with Gasteiger partial charge in [-0.2, -0.15) is 0 Å². The minimum absolute atomic E-state index is 0.0748.